The molecule has 0 saturated carbocycles. The molecular weight excluding hydrogens is 534 g/mol. The number of benzene rings is 7. The molecule has 0 fully saturated rings. The predicted molar refractivity (Wildman–Crippen MR) is 185 cm³/mol. The standard InChI is InChI=1S/C41H25N3/c1-3-12-26(13-4-1)43-36-20-10-8-17-31(36)40-37(43)22-21-29-30-18-11-23-42-41(30)34-25-38-32(24-33(34)39(29)40)28-16-7-9-19-35(28)44(38)27-14-5-2-6-15-27/h1-25H. The van der Waals surface area contributed by atoms with Crippen molar-refractivity contribution >= 4 is 76.1 Å². The van der Waals surface area contributed by atoms with Crippen LogP contribution >= 0.6 is 0 Å². The van der Waals surface area contributed by atoms with Gasteiger partial charge in [0, 0.05) is 55.3 Å². The van der Waals surface area contributed by atoms with Crippen LogP contribution in [0.4, 0.5) is 0 Å². The van der Waals surface area contributed by atoms with Crippen molar-refractivity contribution in [3.05, 3.63) is 152 Å². The lowest BCUT2D eigenvalue weighted by molar-refractivity contribution is 1.18. The summed E-state index contributed by atoms with van der Waals surface area (Å²) < 4.78 is 4.80. The van der Waals surface area contributed by atoms with Crippen LogP contribution in [0.2, 0.25) is 0 Å². The van der Waals surface area contributed by atoms with Crippen LogP contribution in [0.15, 0.2) is 152 Å². The van der Waals surface area contributed by atoms with Gasteiger partial charge in [-0.1, -0.05) is 84.9 Å². The van der Waals surface area contributed by atoms with Crippen LogP contribution < -0.4 is 0 Å². The summed E-state index contributed by atoms with van der Waals surface area (Å²) in [5, 5.41) is 11.1. The van der Waals surface area contributed by atoms with Crippen LogP contribution in [0.25, 0.3) is 87.4 Å². The molecule has 0 aliphatic carbocycles. The fourth-order valence-corrected chi connectivity index (χ4v) is 7.53. The van der Waals surface area contributed by atoms with E-state index < -0.39 is 0 Å². The van der Waals surface area contributed by atoms with Gasteiger partial charge in [-0.25, -0.2) is 0 Å². The number of aromatic nitrogens is 3. The number of hydrogen-bond donors (Lipinski definition) is 0. The first-order valence-electron chi connectivity index (χ1n) is 15.1. The lowest BCUT2D eigenvalue weighted by Gasteiger charge is -2.13. The zero-order chi connectivity index (χ0) is 28.8. The molecule has 3 nitrogen and oxygen atoms in total. The van der Waals surface area contributed by atoms with E-state index in [0.29, 0.717) is 0 Å². The number of hydrogen-bond acceptors (Lipinski definition) is 1. The molecule has 0 atom stereocenters. The molecule has 0 unspecified atom stereocenters. The summed E-state index contributed by atoms with van der Waals surface area (Å²) in [4.78, 5) is 5.00. The SMILES string of the molecule is c1ccc(-n2c3ccccc3c3cc4c(cc32)c2ncccc2c2ccc3c(c5ccccc5n3-c3ccccc3)c24)cc1. The molecular formula is C41H25N3. The third-order valence-electron chi connectivity index (χ3n) is 9.30. The Morgan fingerprint density at radius 3 is 1.70 bits per heavy atom. The van der Waals surface area contributed by atoms with Gasteiger partial charge in [-0.3, -0.25) is 4.98 Å². The Kier molecular flexibility index (Phi) is 4.72. The number of pyridine rings is 1. The second-order valence-corrected chi connectivity index (χ2v) is 11.6. The lowest BCUT2D eigenvalue weighted by atomic mass is 9.92. The molecule has 10 rings (SSSR count). The molecule has 3 aromatic heterocycles. The van der Waals surface area contributed by atoms with Crippen molar-refractivity contribution in [3.63, 3.8) is 0 Å². The largest absolute Gasteiger partial charge is 0.309 e. The van der Waals surface area contributed by atoms with Gasteiger partial charge in [0.15, 0.2) is 0 Å². The summed E-state index contributed by atoms with van der Waals surface area (Å²) in [5.74, 6) is 0. The molecule has 0 saturated heterocycles. The molecule has 3 heteroatoms. The average molecular weight is 560 g/mol. The molecule has 0 radical (unpaired) electrons. The Morgan fingerprint density at radius 2 is 0.955 bits per heavy atom. The first-order chi connectivity index (χ1) is 21.9. The fraction of sp³-hybridized carbons (Fsp3) is 0. The van der Waals surface area contributed by atoms with Crippen molar-refractivity contribution in [3.8, 4) is 11.4 Å². The highest BCUT2D eigenvalue weighted by molar-refractivity contribution is 6.36. The summed E-state index contributed by atoms with van der Waals surface area (Å²) in [6.07, 6.45) is 1.92. The first-order valence-corrected chi connectivity index (χ1v) is 15.1. The molecule has 0 amide bonds. The van der Waals surface area contributed by atoms with Crippen molar-refractivity contribution < 1.29 is 0 Å². The molecule has 0 aliphatic heterocycles. The summed E-state index contributed by atoms with van der Waals surface area (Å²) in [5.41, 5.74) is 8.17. The third kappa shape index (κ3) is 3.08. The topological polar surface area (TPSA) is 22.8 Å². The van der Waals surface area contributed by atoms with Crippen molar-refractivity contribution in [2.75, 3.05) is 0 Å². The van der Waals surface area contributed by atoms with Crippen molar-refractivity contribution in [2.24, 2.45) is 0 Å². The molecule has 0 aliphatic rings. The molecule has 0 N–H and O–H groups in total. The number of fused-ring (bicyclic) bond motifs is 13. The second kappa shape index (κ2) is 8.79. The Hall–Kier alpha value is -5.93. The van der Waals surface area contributed by atoms with Gasteiger partial charge in [0.2, 0.25) is 0 Å². The van der Waals surface area contributed by atoms with Gasteiger partial charge < -0.3 is 9.13 Å². The third-order valence-corrected chi connectivity index (χ3v) is 9.30. The number of nitrogens with zero attached hydrogens (tertiary/aromatic N) is 3. The van der Waals surface area contributed by atoms with E-state index in [1.807, 2.05) is 6.20 Å². The average Bonchev–Trinajstić information content (AvgIpc) is 3.61. The van der Waals surface area contributed by atoms with Crippen molar-refractivity contribution in [1.29, 1.82) is 0 Å². The summed E-state index contributed by atoms with van der Waals surface area (Å²) in [6.45, 7) is 0. The Morgan fingerprint density at radius 1 is 0.341 bits per heavy atom. The normalized spacial score (nSPS) is 12.1. The quantitative estimate of drug-likeness (QED) is 0.193. The van der Waals surface area contributed by atoms with Crippen LogP contribution in [0.1, 0.15) is 0 Å². The minimum Gasteiger partial charge on any atom is -0.309 e. The summed E-state index contributed by atoms with van der Waals surface area (Å²) in [6, 6.07) is 52.6. The molecule has 10 aromatic rings. The fourth-order valence-electron chi connectivity index (χ4n) is 7.53. The maximum absolute atomic E-state index is 5.00. The zero-order valence-corrected chi connectivity index (χ0v) is 23.8. The minimum absolute atomic E-state index is 1.04. The smallest absolute Gasteiger partial charge is 0.0787 e. The summed E-state index contributed by atoms with van der Waals surface area (Å²) in [7, 11) is 0. The van der Waals surface area contributed by atoms with E-state index in [1.54, 1.807) is 0 Å². The van der Waals surface area contributed by atoms with Gasteiger partial charge in [-0.2, -0.15) is 0 Å². The van der Waals surface area contributed by atoms with Crippen LogP contribution in [-0.4, -0.2) is 14.1 Å². The molecule has 3 heterocycles. The predicted octanol–water partition coefficient (Wildman–Crippen LogP) is 10.7. The molecule has 0 spiro atoms. The molecule has 44 heavy (non-hydrogen) atoms. The molecule has 7 aromatic carbocycles. The van der Waals surface area contributed by atoms with Crippen LogP contribution in [0.5, 0.6) is 0 Å². The first kappa shape index (κ1) is 23.6. The summed E-state index contributed by atoms with van der Waals surface area (Å²) >= 11 is 0. The van der Waals surface area contributed by atoms with Gasteiger partial charge in [-0.15, -0.1) is 0 Å². The monoisotopic (exact) mass is 559 g/mol. The van der Waals surface area contributed by atoms with Gasteiger partial charge in [0.25, 0.3) is 0 Å². The number of para-hydroxylation sites is 4. The lowest BCUT2D eigenvalue weighted by Crippen LogP contribution is -1.94. The van der Waals surface area contributed by atoms with E-state index >= 15 is 0 Å². The van der Waals surface area contributed by atoms with Crippen LogP contribution in [-0.2, 0) is 0 Å². The van der Waals surface area contributed by atoms with Crippen LogP contribution in [0, 0.1) is 0 Å². The Bertz CT molecular complexity index is 2710. The van der Waals surface area contributed by atoms with E-state index in [9.17, 15) is 0 Å². The molecule has 204 valence electrons. The van der Waals surface area contributed by atoms with E-state index in [-0.39, 0.29) is 0 Å². The van der Waals surface area contributed by atoms with E-state index in [1.165, 1.54) is 70.5 Å². The van der Waals surface area contributed by atoms with Gasteiger partial charge in [0.05, 0.1) is 27.6 Å². The highest BCUT2D eigenvalue weighted by Crippen LogP contribution is 2.45. The highest BCUT2D eigenvalue weighted by atomic mass is 15.0. The zero-order valence-electron chi connectivity index (χ0n) is 23.8. The van der Waals surface area contributed by atoms with E-state index in [2.05, 4.69) is 155 Å². The van der Waals surface area contributed by atoms with E-state index in [4.69, 9.17) is 4.98 Å². The highest BCUT2D eigenvalue weighted by Gasteiger charge is 2.21. The van der Waals surface area contributed by atoms with Gasteiger partial charge in [0.1, 0.15) is 0 Å². The second-order valence-electron chi connectivity index (χ2n) is 11.6. The van der Waals surface area contributed by atoms with Gasteiger partial charge >= 0.3 is 0 Å². The van der Waals surface area contributed by atoms with Crippen molar-refractivity contribution in [1.82, 2.24) is 14.1 Å². The van der Waals surface area contributed by atoms with Crippen molar-refractivity contribution in [2.45, 2.75) is 0 Å². The maximum atomic E-state index is 5.00. The Labute approximate surface area is 252 Å². The Balaban J connectivity index is 1.48. The van der Waals surface area contributed by atoms with E-state index in [0.717, 1.165) is 16.9 Å². The minimum atomic E-state index is 1.04. The van der Waals surface area contributed by atoms with Crippen LogP contribution in [0.3, 0.4) is 0 Å². The van der Waals surface area contributed by atoms with Gasteiger partial charge in [-0.05, 0) is 71.4 Å². The number of rotatable bonds is 2. The molecule has 0 bridgehead atoms. The maximum Gasteiger partial charge on any atom is 0.0787 e.